The van der Waals surface area contributed by atoms with Crippen molar-refractivity contribution in [1.29, 1.82) is 5.26 Å². The number of nitrogens with two attached hydrogens (primary N) is 2. The van der Waals surface area contributed by atoms with Crippen molar-refractivity contribution in [2.75, 3.05) is 0 Å². The van der Waals surface area contributed by atoms with E-state index >= 15 is 0 Å². The molecule has 0 aromatic heterocycles. The summed E-state index contributed by atoms with van der Waals surface area (Å²) >= 11 is 0. The first kappa shape index (κ1) is 12.0. The van der Waals surface area contributed by atoms with Gasteiger partial charge in [-0.15, -0.1) is 0 Å². The van der Waals surface area contributed by atoms with Crippen LogP contribution < -0.4 is 16.2 Å². The van der Waals surface area contributed by atoms with Crippen molar-refractivity contribution in [2.45, 2.75) is 19.6 Å². The molecule has 0 bridgehead atoms. The van der Waals surface area contributed by atoms with Gasteiger partial charge in [0.1, 0.15) is 5.75 Å². The Hall–Kier alpha value is -2.06. The van der Waals surface area contributed by atoms with E-state index in [1.807, 2.05) is 6.07 Å². The van der Waals surface area contributed by atoms with Crippen molar-refractivity contribution in [3.05, 3.63) is 29.3 Å². The van der Waals surface area contributed by atoms with Gasteiger partial charge in [-0.3, -0.25) is 4.79 Å². The fourth-order valence-corrected chi connectivity index (χ4v) is 1.15. The summed E-state index contributed by atoms with van der Waals surface area (Å²) in [5, 5.41) is 8.74. The summed E-state index contributed by atoms with van der Waals surface area (Å²) in [7, 11) is 0. The second kappa shape index (κ2) is 5.14. The molecule has 5 nitrogen and oxygen atoms in total. The quantitative estimate of drug-likeness (QED) is 0.758. The van der Waals surface area contributed by atoms with Crippen molar-refractivity contribution in [3.63, 3.8) is 0 Å². The molecular formula is C11H13N3O2. The zero-order valence-electron chi connectivity index (χ0n) is 8.93. The molecule has 1 amide bonds. The van der Waals surface area contributed by atoms with E-state index in [0.29, 0.717) is 11.3 Å². The second-order valence-corrected chi connectivity index (χ2v) is 3.30. The molecule has 0 saturated heterocycles. The highest BCUT2D eigenvalue weighted by Crippen LogP contribution is 2.21. The van der Waals surface area contributed by atoms with Crippen molar-refractivity contribution < 1.29 is 9.53 Å². The minimum atomic E-state index is -0.751. The van der Waals surface area contributed by atoms with Crippen LogP contribution in [0.1, 0.15) is 18.1 Å². The van der Waals surface area contributed by atoms with Crippen LogP contribution in [-0.4, -0.2) is 12.0 Å². The van der Waals surface area contributed by atoms with E-state index in [2.05, 4.69) is 0 Å². The van der Waals surface area contributed by atoms with Gasteiger partial charge in [-0.05, 0) is 19.1 Å². The van der Waals surface area contributed by atoms with E-state index < -0.39 is 12.0 Å². The Balaban J connectivity index is 3.01. The van der Waals surface area contributed by atoms with Crippen LogP contribution in [0.2, 0.25) is 0 Å². The summed E-state index contributed by atoms with van der Waals surface area (Å²) in [6.07, 6.45) is -0.751. The van der Waals surface area contributed by atoms with E-state index in [1.165, 1.54) is 0 Å². The number of primary amides is 1. The molecule has 1 aromatic carbocycles. The van der Waals surface area contributed by atoms with Crippen molar-refractivity contribution in [1.82, 2.24) is 0 Å². The monoisotopic (exact) mass is 219 g/mol. The molecule has 0 aliphatic rings. The number of ether oxygens (including phenoxy) is 1. The molecule has 1 rings (SSSR count). The van der Waals surface area contributed by atoms with Gasteiger partial charge in [-0.1, -0.05) is 6.07 Å². The van der Waals surface area contributed by atoms with E-state index in [4.69, 9.17) is 21.5 Å². The molecular weight excluding hydrogens is 206 g/mol. The Bertz CT molecular complexity index is 437. The van der Waals surface area contributed by atoms with Gasteiger partial charge in [0.15, 0.2) is 6.10 Å². The van der Waals surface area contributed by atoms with Gasteiger partial charge in [0.2, 0.25) is 0 Å². The largest absolute Gasteiger partial charge is 0.481 e. The molecule has 0 radical (unpaired) electrons. The van der Waals surface area contributed by atoms with Crippen LogP contribution in [0.3, 0.4) is 0 Å². The number of carbonyl (C=O) groups is 1. The fraction of sp³-hybridized carbons (Fsp3) is 0.273. The average Bonchev–Trinajstić information content (AvgIpc) is 2.28. The zero-order valence-corrected chi connectivity index (χ0v) is 8.93. The van der Waals surface area contributed by atoms with Crippen LogP contribution in [0.4, 0.5) is 0 Å². The van der Waals surface area contributed by atoms with Gasteiger partial charge in [0, 0.05) is 12.1 Å². The summed E-state index contributed by atoms with van der Waals surface area (Å²) in [4.78, 5) is 10.9. The Morgan fingerprint density at radius 1 is 1.62 bits per heavy atom. The SMILES string of the molecule is CC(Oc1cc(C#N)ccc1CN)C(N)=O. The molecule has 5 heteroatoms. The highest BCUT2D eigenvalue weighted by molar-refractivity contribution is 5.78. The lowest BCUT2D eigenvalue weighted by Gasteiger charge is -2.14. The van der Waals surface area contributed by atoms with Gasteiger partial charge < -0.3 is 16.2 Å². The number of nitrogens with zero attached hydrogens (tertiary/aromatic N) is 1. The summed E-state index contributed by atoms with van der Waals surface area (Å²) in [6.45, 7) is 1.81. The lowest BCUT2D eigenvalue weighted by molar-refractivity contribution is -0.124. The smallest absolute Gasteiger partial charge is 0.258 e. The molecule has 16 heavy (non-hydrogen) atoms. The lowest BCUT2D eigenvalue weighted by Crippen LogP contribution is -2.31. The molecule has 84 valence electrons. The Labute approximate surface area is 93.6 Å². The molecule has 0 aliphatic carbocycles. The van der Waals surface area contributed by atoms with Crippen LogP contribution >= 0.6 is 0 Å². The highest BCUT2D eigenvalue weighted by atomic mass is 16.5. The third kappa shape index (κ3) is 2.72. The molecule has 0 spiro atoms. The highest BCUT2D eigenvalue weighted by Gasteiger charge is 2.13. The molecule has 1 unspecified atom stereocenters. The molecule has 0 fully saturated rings. The van der Waals surface area contributed by atoms with E-state index in [-0.39, 0.29) is 6.54 Å². The number of carbonyl (C=O) groups excluding carboxylic acids is 1. The maximum atomic E-state index is 10.9. The number of hydrogen-bond donors (Lipinski definition) is 2. The third-order valence-electron chi connectivity index (χ3n) is 2.12. The number of rotatable bonds is 4. The van der Waals surface area contributed by atoms with Gasteiger partial charge in [0.25, 0.3) is 5.91 Å². The molecule has 0 heterocycles. The first-order valence-corrected chi connectivity index (χ1v) is 4.77. The second-order valence-electron chi connectivity index (χ2n) is 3.30. The van der Waals surface area contributed by atoms with Crippen LogP contribution in [-0.2, 0) is 11.3 Å². The number of hydrogen-bond acceptors (Lipinski definition) is 4. The summed E-state index contributed by atoms with van der Waals surface area (Å²) in [5.74, 6) is -0.141. The summed E-state index contributed by atoms with van der Waals surface area (Å²) in [5.41, 5.74) is 11.8. The Morgan fingerprint density at radius 3 is 2.81 bits per heavy atom. The van der Waals surface area contributed by atoms with Crippen molar-refractivity contribution in [2.24, 2.45) is 11.5 Å². The maximum absolute atomic E-state index is 10.9. The fourth-order valence-electron chi connectivity index (χ4n) is 1.15. The standard InChI is InChI=1S/C11H13N3O2/c1-7(11(14)15)16-10-4-8(5-12)2-3-9(10)6-13/h2-4,7H,6,13H2,1H3,(H2,14,15). The first-order chi connectivity index (χ1) is 7.58. The van der Waals surface area contributed by atoms with Gasteiger partial charge in [0.05, 0.1) is 11.6 Å². The lowest BCUT2D eigenvalue weighted by atomic mass is 10.1. The molecule has 0 saturated carbocycles. The molecule has 0 aliphatic heterocycles. The third-order valence-corrected chi connectivity index (χ3v) is 2.12. The van der Waals surface area contributed by atoms with Crippen LogP contribution in [0, 0.1) is 11.3 Å². The minimum Gasteiger partial charge on any atom is -0.481 e. The predicted molar refractivity (Wildman–Crippen MR) is 58.3 cm³/mol. The van der Waals surface area contributed by atoms with E-state index in [9.17, 15) is 4.79 Å². The predicted octanol–water partition coefficient (Wildman–Crippen LogP) is 0.270. The van der Waals surface area contributed by atoms with Crippen molar-refractivity contribution >= 4 is 5.91 Å². The summed E-state index contributed by atoms with van der Waals surface area (Å²) in [6, 6.07) is 6.87. The average molecular weight is 219 g/mol. The van der Waals surface area contributed by atoms with Gasteiger partial charge >= 0.3 is 0 Å². The summed E-state index contributed by atoms with van der Waals surface area (Å²) < 4.78 is 5.33. The number of amides is 1. The van der Waals surface area contributed by atoms with Crippen LogP contribution in [0.15, 0.2) is 18.2 Å². The Morgan fingerprint density at radius 2 is 2.31 bits per heavy atom. The minimum absolute atomic E-state index is 0.270. The van der Waals surface area contributed by atoms with E-state index in [1.54, 1.807) is 25.1 Å². The molecule has 4 N–H and O–H groups in total. The molecule has 1 atom stereocenters. The zero-order chi connectivity index (χ0) is 12.1. The maximum Gasteiger partial charge on any atom is 0.258 e. The normalized spacial score (nSPS) is 11.6. The number of benzene rings is 1. The van der Waals surface area contributed by atoms with Crippen molar-refractivity contribution in [3.8, 4) is 11.8 Å². The molecule has 1 aromatic rings. The number of nitriles is 1. The van der Waals surface area contributed by atoms with E-state index in [0.717, 1.165) is 5.56 Å². The van der Waals surface area contributed by atoms with Crippen LogP contribution in [0.5, 0.6) is 5.75 Å². The van der Waals surface area contributed by atoms with Gasteiger partial charge in [-0.2, -0.15) is 5.26 Å². The Kier molecular flexibility index (Phi) is 3.86. The van der Waals surface area contributed by atoms with Crippen LogP contribution in [0.25, 0.3) is 0 Å². The first-order valence-electron chi connectivity index (χ1n) is 4.77. The topological polar surface area (TPSA) is 102 Å². The van der Waals surface area contributed by atoms with Gasteiger partial charge in [-0.25, -0.2) is 0 Å².